The molecule has 0 aliphatic heterocycles. The molecule has 16 heavy (non-hydrogen) atoms. The summed E-state index contributed by atoms with van der Waals surface area (Å²) in [5.74, 6) is -1.48. The molecule has 1 aromatic heterocycles. The Labute approximate surface area is 91.4 Å². The van der Waals surface area contributed by atoms with Crippen molar-refractivity contribution in [1.82, 2.24) is 4.98 Å². The van der Waals surface area contributed by atoms with E-state index in [4.69, 9.17) is 10.5 Å². The zero-order valence-corrected chi connectivity index (χ0v) is 8.99. The third-order valence-electron chi connectivity index (χ3n) is 2.00. The maximum atomic E-state index is 11.5. The first-order valence-corrected chi connectivity index (χ1v) is 4.68. The van der Waals surface area contributed by atoms with Gasteiger partial charge in [-0.3, -0.25) is 9.59 Å². The molecule has 0 spiro atoms. The van der Waals surface area contributed by atoms with E-state index in [1.54, 1.807) is 13.8 Å². The Hall–Kier alpha value is -2.11. The fourth-order valence-corrected chi connectivity index (χ4v) is 1.23. The molecule has 0 saturated heterocycles. The van der Waals surface area contributed by atoms with Crippen LogP contribution in [-0.4, -0.2) is 23.5 Å². The molecule has 1 amide bonds. The normalized spacial score (nSPS) is 9.88. The van der Waals surface area contributed by atoms with Crippen LogP contribution in [0, 0.1) is 6.92 Å². The van der Waals surface area contributed by atoms with E-state index in [1.165, 1.54) is 0 Å². The number of carbonyl (C=O) groups excluding carboxylic acids is 2. The number of rotatable bonds is 3. The minimum atomic E-state index is -0.883. The number of nitrogens with two attached hydrogens (primary N) is 1. The predicted octanol–water partition coefficient (Wildman–Crippen LogP) is -0.0411. The second-order valence-corrected chi connectivity index (χ2v) is 3.14. The monoisotopic (exact) mass is 224 g/mol. The SMILES string of the molecule is CCOC(=O)c1cc(C(N)=O)c(=O)[nH]c1C. The molecule has 0 aromatic carbocycles. The van der Waals surface area contributed by atoms with Crippen molar-refractivity contribution >= 4 is 11.9 Å². The van der Waals surface area contributed by atoms with E-state index in [0.717, 1.165) is 6.07 Å². The van der Waals surface area contributed by atoms with Crippen LogP contribution in [0.15, 0.2) is 10.9 Å². The number of carbonyl (C=O) groups is 2. The van der Waals surface area contributed by atoms with E-state index in [-0.39, 0.29) is 17.7 Å². The Bertz CT molecular complexity index is 490. The van der Waals surface area contributed by atoms with Crippen molar-refractivity contribution < 1.29 is 14.3 Å². The van der Waals surface area contributed by atoms with E-state index in [1.807, 2.05) is 0 Å². The van der Waals surface area contributed by atoms with Crippen molar-refractivity contribution in [2.75, 3.05) is 6.61 Å². The number of primary amides is 1. The third-order valence-corrected chi connectivity index (χ3v) is 2.00. The third kappa shape index (κ3) is 2.28. The van der Waals surface area contributed by atoms with Crippen LogP contribution in [0.3, 0.4) is 0 Å². The van der Waals surface area contributed by atoms with Gasteiger partial charge in [-0.15, -0.1) is 0 Å². The van der Waals surface area contributed by atoms with Crippen LogP contribution >= 0.6 is 0 Å². The van der Waals surface area contributed by atoms with E-state index in [9.17, 15) is 14.4 Å². The molecule has 0 radical (unpaired) electrons. The Balaban J connectivity index is 3.30. The van der Waals surface area contributed by atoms with E-state index >= 15 is 0 Å². The average molecular weight is 224 g/mol. The van der Waals surface area contributed by atoms with Gasteiger partial charge in [0.15, 0.2) is 0 Å². The van der Waals surface area contributed by atoms with Gasteiger partial charge in [0.2, 0.25) is 0 Å². The maximum Gasteiger partial charge on any atom is 0.339 e. The summed E-state index contributed by atoms with van der Waals surface area (Å²) in [6.45, 7) is 3.41. The first-order valence-electron chi connectivity index (χ1n) is 4.68. The quantitative estimate of drug-likeness (QED) is 0.703. The second kappa shape index (κ2) is 4.61. The van der Waals surface area contributed by atoms with Gasteiger partial charge in [0.25, 0.3) is 11.5 Å². The minimum absolute atomic E-state index is 0.134. The summed E-state index contributed by atoms with van der Waals surface area (Å²) < 4.78 is 4.77. The molecule has 0 fully saturated rings. The smallest absolute Gasteiger partial charge is 0.339 e. The number of H-pyrrole nitrogens is 1. The number of aryl methyl sites for hydroxylation is 1. The zero-order chi connectivity index (χ0) is 12.3. The molecule has 1 rings (SSSR count). The van der Waals surface area contributed by atoms with E-state index in [2.05, 4.69) is 4.98 Å². The largest absolute Gasteiger partial charge is 0.462 e. The molecule has 0 atom stereocenters. The van der Waals surface area contributed by atoms with Crippen LogP contribution in [0.4, 0.5) is 0 Å². The molecule has 0 aliphatic carbocycles. The number of nitrogens with one attached hydrogen (secondary N) is 1. The van der Waals surface area contributed by atoms with Crippen molar-refractivity contribution in [1.29, 1.82) is 0 Å². The molecule has 6 nitrogen and oxygen atoms in total. The van der Waals surface area contributed by atoms with Crippen LogP contribution in [-0.2, 0) is 4.74 Å². The first kappa shape index (κ1) is 12.0. The number of hydrogen-bond donors (Lipinski definition) is 2. The predicted molar refractivity (Wildman–Crippen MR) is 56.3 cm³/mol. The van der Waals surface area contributed by atoms with Gasteiger partial charge in [-0.25, -0.2) is 4.79 Å². The van der Waals surface area contributed by atoms with Crippen molar-refractivity contribution in [3.8, 4) is 0 Å². The zero-order valence-electron chi connectivity index (χ0n) is 8.99. The number of ether oxygens (including phenoxy) is 1. The summed E-state index contributed by atoms with van der Waals surface area (Å²) in [7, 11) is 0. The lowest BCUT2D eigenvalue weighted by Crippen LogP contribution is -2.26. The van der Waals surface area contributed by atoms with Gasteiger partial charge in [0, 0.05) is 5.69 Å². The minimum Gasteiger partial charge on any atom is -0.462 e. The number of amides is 1. The summed E-state index contributed by atoms with van der Waals surface area (Å²) in [6.07, 6.45) is 0. The van der Waals surface area contributed by atoms with E-state index in [0.29, 0.717) is 5.69 Å². The van der Waals surface area contributed by atoms with Gasteiger partial charge in [0.05, 0.1) is 12.2 Å². The first-order chi connectivity index (χ1) is 7.47. The molecule has 0 saturated carbocycles. The van der Waals surface area contributed by atoms with Gasteiger partial charge in [-0.05, 0) is 19.9 Å². The second-order valence-electron chi connectivity index (χ2n) is 3.14. The Morgan fingerprint density at radius 3 is 2.56 bits per heavy atom. The molecule has 3 N–H and O–H groups in total. The summed E-state index contributed by atoms with van der Waals surface area (Å²) >= 11 is 0. The van der Waals surface area contributed by atoms with Gasteiger partial charge >= 0.3 is 5.97 Å². The number of esters is 1. The summed E-state index contributed by atoms with van der Waals surface area (Å²) in [4.78, 5) is 36.0. The van der Waals surface area contributed by atoms with E-state index < -0.39 is 17.4 Å². The fraction of sp³-hybridized carbons (Fsp3) is 0.300. The lowest BCUT2D eigenvalue weighted by Gasteiger charge is -2.06. The van der Waals surface area contributed by atoms with Crippen LogP contribution < -0.4 is 11.3 Å². The Kier molecular flexibility index (Phi) is 3.44. The number of pyridine rings is 1. The Morgan fingerprint density at radius 1 is 1.44 bits per heavy atom. The number of aromatic amines is 1. The summed E-state index contributed by atoms with van der Waals surface area (Å²) in [5, 5.41) is 0. The molecule has 1 aromatic rings. The van der Waals surface area contributed by atoms with Crippen molar-refractivity contribution in [2.24, 2.45) is 5.73 Å². The molecule has 1 heterocycles. The molecule has 0 aliphatic rings. The standard InChI is InChI=1S/C10H12N2O4/c1-3-16-10(15)6-4-7(8(11)13)9(14)12-5(6)2/h4H,3H2,1-2H3,(H2,11,13)(H,12,14). The molecular formula is C10H12N2O4. The summed E-state index contributed by atoms with van der Waals surface area (Å²) in [6, 6.07) is 1.15. The fourth-order valence-electron chi connectivity index (χ4n) is 1.23. The van der Waals surface area contributed by atoms with Crippen molar-refractivity contribution in [2.45, 2.75) is 13.8 Å². The molecular weight excluding hydrogens is 212 g/mol. The van der Waals surface area contributed by atoms with Crippen LogP contribution in [0.2, 0.25) is 0 Å². The molecule has 6 heteroatoms. The molecule has 0 bridgehead atoms. The molecule has 86 valence electrons. The number of aromatic nitrogens is 1. The highest BCUT2D eigenvalue weighted by molar-refractivity contribution is 5.97. The van der Waals surface area contributed by atoms with Gasteiger partial charge in [-0.2, -0.15) is 0 Å². The lowest BCUT2D eigenvalue weighted by molar-refractivity contribution is 0.0525. The topological polar surface area (TPSA) is 102 Å². The van der Waals surface area contributed by atoms with Crippen molar-refractivity contribution in [3.05, 3.63) is 33.2 Å². The average Bonchev–Trinajstić information content (AvgIpc) is 2.17. The molecule has 0 unspecified atom stereocenters. The van der Waals surface area contributed by atoms with Crippen molar-refractivity contribution in [3.63, 3.8) is 0 Å². The highest BCUT2D eigenvalue weighted by atomic mass is 16.5. The van der Waals surface area contributed by atoms with Crippen LogP contribution in [0.5, 0.6) is 0 Å². The van der Waals surface area contributed by atoms with Gasteiger partial charge < -0.3 is 15.5 Å². The highest BCUT2D eigenvalue weighted by Gasteiger charge is 2.16. The lowest BCUT2D eigenvalue weighted by atomic mass is 10.1. The van der Waals surface area contributed by atoms with Crippen LogP contribution in [0.1, 0.15) is 33.3 Å². The van der Waals surface area contributed by atoms with Crippen LogP contribution in [0.25, 0.3) is 0 Å². The highest BCUT2D eigenvalue weighted by Crippen LogP contribution is 2.06. The van der Waals surface area contributed by atoms with Gasteiger partial charge in [-0.1, -0.05) is 0 Å². The number of hydrogen-bond acceptors (Lipinski definition) is 4. The Morgan fingerprint density at radius 2 is 2.06 bits per heavy atom. The summed E-state index contributed by atoms with van der Waals surface area (Å²) in [5.41, 5.74) is 4.60. The van der Waals surface area contributed by atoms with Gasteiger partial charge in [0.1, 0.15) is 5.56 Å². The maximum absolute atomic E-state index is 11.5.